The molecule has 0 saturated carbocycles. The van der Waals surface area contributed by atoms with Crippen LogP contribution in [0.25, 0.3) is 0 Å². The summed E-state index contributed by atoms with van der Waals surface area (Å²) < 4.78 is 5.11. The lowest BCUT2D eigenvalue weighted by atomic mass is 9.99. The molecule has 0 aliphatic heterocycles. The van der Waals surface area contributed by atoms with Gasteiger partial charge in [-0.3, -0.25) is 0 Å². The summed E-state index contributed by atoms with van der Waals surface area (Å²) in [5.41, 5.74) is 3.05. The molecule has 2 nitrogen and oxygen atoms in total. The minimum Gasteiger partial charge on any atom is -0.497 e. The van der Waals surface area contributed by atoms with Gasteiger partial charge in [-0.2, -0.15) is 0 Å². The van der Waals surface area contributed by atoms with Gasteiger partial charge in [-0.05, 0) is 35.2 Å². The summed E-state index contributed by atoms with van der Waals surface area (Å²) in [7, 11) is 1.64. The van der Waals surface area contributed by atoms with Gasteiger partial charge < -0.3 is 9.84 Å². The first-order valence-electron chi connectivity index (χ1n) is 6.15. The van der Waals surface area contributed by atoms with Crippen LogP contribution in [-0.2, 0) is 6.42 Å². The summed E-state index contributed by atoms with van der Waals surface area (Å²) in [6, 6.07) is 15.6. The first-order valence-corrected chi connectivity index (χ1v) is 6.15. The summed E-state index contributed by atoms with van der Waals surface area (Å²) >= 11 is 0. The summed E-state index contributed by atoms with van der Waals surface area (Å²) in [6.45, 7) is 2.11. The Morgan fingerprint density at radius 3 is 2.39 bits per heavy atom. The Hall–Kier alpha value is -1.80. The maximum absolute atomic E-state index is 10.3. The van der Waals surface area contributed by atoms with Gasteiger partial charge in [0.2, 0.25) is 0 Å². The zero-order valence-electron chi connectivity index (χ0n) is 10.8. The van der Waals surface area contributed by atoms with Gasteiger partial charge in [0.15, 0.2) is 0 Å². The Balaban J connectivity index is 2.25. The van der Waals surface area contributed by atoms with Crippen LogP contribution >= 0.6 is 0 Å². The Morgan fingerprint density at radius 2 is 1.78 bits per heavy atom. The Labute approximate surface area is 108 Å². The van der Waals surface area contributed by atoms with Crippen LogP contribution in [0.3, 0.4) is 0 Å². The van der Waals surface area contributed by atoms with E-state index in [1.807, 2.05) is 36.4 Å². The van der Waals surface area contributed by atoms with Crippen LogP contribution in [0, 0.1) is 0 Å². The number of hydrogen-bond acceptors (Lipinski definition) is 2. The largest absolute Gasteiger partial charge is 0.497 e. The predicted molar refractivity (Wildman–Crippen MR) is 72.9 cm³/mol. The number of rotatable bonds is 4. The van der Waals surface area contributed by atoms with Gasteiger partial charge in [-0.1, -0.05) is 43.3 Å². The highest BCUT2D eigenvalue weighted by Gasteiger charge is 2.10. The SMILES string of the molecule is CCc1cccc(C(O)c2ccc(OC)cc2)c1. The van der Waals surface area contributed by atoms with Crippen LogP contribution in [0.4, 0.5) is 0 Å². The maximum atomic E-state index is 10.3. The molecule has 0 bridgehead atoms. The third kappa shape index (κ3) is 2.71. The number of methoxy groups -OCH3 is 1. The Bertz CT molecular complexity index is 503. The number of ether oxygens (including phenoxy) is 1. The second-order valence-corrected chi connectivity index (χ2v) is 4.27. The molecule has 0 heterocycles. The molecule has 0 radical (unpaired) electrons. The fourth-order valence-electron chi connectivity index (χ4n) is 1.96. The molecule has 1 unspecified atom stereocenters. The van der Waals surface area contributed by atoms with E-state index in [0.29, 0.717) is 0 Å². The number of benzene rings is 2. The zero-order chi connectivity index (χ0) is 13.0. The molecule has 0 aliphatic carbocycles. The van der Waals surface area contributed by atoms with Crippen molar-refractivity contribution in [2.24, 2.45) is 0 Å². The number of aliphatic hydroxyl groups is 1. The van der Waals surface area contributed by atoms with Crippen molar-refractivity contribution in [3.63, 3.8) is 0 Å². The Morgan fingerprint density at radius 1 is 1.06 bits per heavy atom. The van der Waals surface area contributed by atoms with E-state index in [0.717, 1.165) is 23.3 Å². The second kappa shape index (κ2) is 5.69. The summed E-state index contributed by atoms with van der Waals surface area (Å²) in [5.74, 6) is 0.799. The monoisotopic (exact) mass is 242 g/mol. The van der Waals surface area contributed by atoms with Gasteiger partial charge in [-0.25, -0.2) is 0 Å². The minimum atomic E-state index is -0.581. The number of aryl methyl sites for hydroxylation is 1. The fourth-order valence-corrected chi connectivity index (χ4v) is 1.96. The third-order valence-electron chi connectivity index (χ3n) is 3.11. The van der Waals surface area contributed by atoms with Crippen LogP contribution in [0.2, 0.25) is 0 Å². The van der Waals surface area contributed by atoms with Crippen LogP contribution in [0.5, 0.6) is 5.75 Å². The van der Waals surface area contributed by atoms with Crippen molar-refractivity contribution in [2.75, 3.05) is 7.11 Å². The van der Waals surface area contributed by atoms with E-state index in [1.165, 1.54) is 5.56 Å². The van der Waals surface area contributed by atoms with Crippen molar-refractivity contribution in [1.29, 1.82) is 0 Å². The highest BCUT2D eigenvalue weighted by Crippen LogP contribution is 2.24. The van der Waals surface area contributed by atoms with Crippen LogP contribution in [0.15, 0.2) is 48.5 Å². The molecule has 1 atom stereocenters. The lowest BCUT2D eigenvalue weighted by molar-refractivity contribution is 0.220. The van der Waals surface area contributed by atoms with E-state index in [2.05, 4.69) is 19.1 Å². The van der Waals surface area contributed by atoms with Gasteiger partial charge in [0.1, 0.15) is 11.9 Å². The molecule has 2 aromatic carbocycles. The van der Waals surface area contributed by atoms with Crippen molar-refractivity contribution in [3.8, 4) is 5.75 Å². The Kier molecular flexibility index (Phi) is 4.00. The normalized spacial score (nSPS) is 12.2. The van der Waals surface area contributed by atoms with Gasteiger partial charge in [0.25, 0.3) is 0 Å². The van der Waals surface area contributed by atoms with Gasteiger partial charge >= 0.3 is 0 Å². The van der Waals surface area contributed by atoms with Crippen molar-refractivity contribution >= 4 is 0 Å². The minimum absolute atomic E-state index is 0.581. The standard InChI is InChI=1S/C16H18O2/c1-3-12-5-4-6-14(11-12)16(17)13-7-9-15(18-2)10-8-13/h4-11,16-17H,3H2,1-2H3. The third-order valence-corrected chi connectivity index (χ3v) is 3.11. The topological polar surface area (TPSA) is 29.5 Å². The van der Waals surface area contributed by atoms with Crippen molar-refractivity contribution in [3.05, 3.63) is 65.2 Å². The van der Waals surface area contributed by atoms with Crippen LogP contribution in [0.1, 0.15) is 29.7 Å². The molecule has 0 amide bonds. The van der Waals surface area contributed by atoms with Gasteiger partial charge in [0.05, 0.1) is 7.11 Å². The molecule has 18 heavy (non-hydrogen) atoms. The molecule has 0 aliphatic rings. The lowest BCUT2D eigenvalue weighted by Crippen LogP contribution is -2.00. The summed E-state index contributed by atoms with van der Waals surface area (Å²) in [6.07, 6.45) is 0.394. The highest BCUT2D eigenvalue weighted by molar-refractivity contribution is 5.35. The van der Waals surface area contributed by atoms with Gasteiger partial charge in [-0.15, -0.1) is 0 Å². The van der Waals surface area contributed by atoms with Crippen molar-refractivity contribution < 1.29 is 9.84 Å². The smallest absolute Gasteiger partial charge is 0.118 e. The summed E-state index contributed by atoms with van der Waals surface area (Å²) in [4.78, 5) is 0. The van der Waals surface area contributed by atoms with E-state index in [9.17, 15) is 5.11 Å². The number of hydrogen-bond donors (Lipinski definition) is 1. The van der Waals surface area contributed by atoms with Crippen LogP contribution < -0.4 is 4.74 Å². The molecule has 94 valence electrons. The molecular formula is C16H18O2. The quantitative estimate of drug-likeness (QED) is 0.891. The average Bonchev–Trinajstić information content (AvgIpc) is 2.46. The molecule has 0 fully saturated rings. The fraction of sp³-hybridized carbons (Fsp3) is 0.250. The molecule has 2 rings (SSSR count). The first kappa shape index (κ1) is 12.7. The maximum Gasteiger partial charge on any atom is 0.118 e. The van der Waals surface area contributed by atoms with Crippen molar-refractivity contribution in [1.82, 2.24) is 0 Å². The highest BCUT2D eigenvalue weighted by atomic mass is 16.5. The average molecular weight is 242 g/mol. The lowest BCUT2D eigenvalue weighted by Gasteiger charge is -2.13. The zero-order valence-corrected chi connectivity index (χ0v) is 10.8. The van der Waals surface area contributed by atoms with E-state index >= 15 is 0 Å². The molecule has 2 heteroatoms. The molecule has 1 N–H and O–H groups in total. The molecule has 0 aromatic heterocycles. The second-order valence-electron chi connectivity index (χ2n) is 4.27. The predicted octanol–water partition coefficient (Wildman–Crippen LogP) is 3.34. The van der Waals surface area contributed by atoms with Crippen molar-refractivity contribution in [2.45, 2.75) is 19.4 Å². The molecule has 2 aromatic rings. The van der Waals surface area contributed by atoms with Crippen LogP contribution in [-0.4, -0.2) is 12.2 Å². The van der Waals surface area contributed by atoms with E-state index in [1.54, 1.807) is 7.11 Å². The summed E-state index contributed by atoms with van der Waals surface area (Å²) in [5, 5.41) is 10.3. The molecule has 0 spiro atoms. The first-order chi connectivity index (χ1) is 8.74. The molecule has 0 saturated heterocycles. The van der Waals surface area contributed by atoms with E-state index in [4.69, 9.17) is 4.74 Å². The number of aliphatic hydroxyl groups excluding tert-OH is 1. The van der Waals surface area contributed by atoms with Gasteiger partial charge in [0, 0.05) is 0 Å². The van der Waals surface area contributed by atoms with E-state index < -0.39 is 6.10 Å². The molecular weight excluding hydrogens is 224 g/mol. The van der Waals surface area contributed by atoms with E-state index in [-0.39, 0.29) is 0 Å².